The van der Waals surface area contributed by atoms with E-state index in [1.54, 1.807) is 48.2 Å². The van der Waals surface area contributed by atoms with Gasteiger partial charge in [0.25, 0.3) is 11.8 Å². The van der Waals surface area contributed by atoms with Crippen LogP contribution in [0.4, 0.5) is 5.69 Å². The normalized spacial score (nSPS) is 15.2. The number of carbonyl (C=O) groups excluding carboxylic acids is 2. The van der Waals surface area contributed by atoms with Gasteiger partial charge in [0, 0.05) is 34.4 Å². The molecule has 2 N–H and O–H groups in total. The molecule has 1 atom stereocenters. The van der Waals surface area contributed by atoms with Crippen LogP contribution in [0.5, 0.6) is 0 Å². The lowest BCUT2D eigenvalue weighted by atomic mass is 10.1. The van der Waals surface area contributed by atoms with Crippen molar-refractivity contribution in [1.29, 1.82) is 0 Å². The fraction of sp³-hybridized carbons (Fsp3) is 0.231. The molecule has 4 rings (SSSR count). The van der Waals surface area contributed by atoms with Crippen molar-refractivity contribution in [2.75, 3.05) is 18.5 Å². The Labute approximate surface area is 202 Å². The predicted octanol–water partition coefficient (Wildman–Crippen LogP) is 5.79. The number of thioether (sulfide) groups is 1. The molecular formula is C26H25ClN2O3S. The minimum atomic E-state index is -0.258. The highest BCUT2D eigenvalue weighted by Crippen LogP contribution is 2.24. The Morgan fingerprint density at radius 2 is 1.73 bits per heavy atom. The van der Waals surface area contributed by atoms with Crippen molar-refractivity contribution in [3.05, 3.63) is 94.5 Å². The van der Waals surface area contributed by atoms with Crippen molar-refractivity contribution in [1.82, 2.24) is 5.32 Å². The molecule has 3 aromatic carbocycles. The van der Waals surface area contributed by atoms with E-state index < -0.39 is 0 Å². The van der Waals surface area contributed by atoms with Crippen LogP contribution in [0.1, 0.15) is 39.1 Å². The molecule has 7 heteroatoms. The molecule has 3 aromatic rings. The molecule has 0 bridgehead atoms. The van der Waals surface area contributed by atoms with E-state index in [9.17, 15) is 9.59 Å². The zero-order valence-corrected chi connectivity index (χ0v) is 19.6. The van der Waals surface area contributed by atoms with Crippen LogP contribution in [0, 0.1) is 0 Å². The number of hydrogen-bond donors (Lipinski definition) is 2. The van der Waals surface area contributed by atoms with Crippen LogP contribution in [0.25, 0.3) is 0 Å². The maximum atomic E-state index is 12.8. The van der Waals surface area contributed by atoms with Gasteiger partial charge in [-0.2, -0.15) is 0 Å². The van der Waals surface area contributed by atoms with Gasteiger partial charge >= 0.3 is 0 Å². The summed E-state index contributed by atoms with van der Waals surface area (Å²) in [7, 11) is 0. The lowest BCUT2D eigenvalue weighted by Crippen LogP contribution is -2.32. The third-order valence-corrected chi connectivity index (χ3v) is 6.70. The number of amides is 2. The topological polar surface area (TPSA) is 67.4 Å². The summed E-state index contributed by atoms with van der Waals surface area (Å²) in [6, 6.07) is 22.2. The molecule has 33 heavy (non-hydrogen) atoms. The number of anilines is 1. The standard InChI is InChI=1S/C26H25ClN2O3S/c27-20-11-13-22(14-12-20)33-17-18-7-9-19(10-8-18)25(30)29-24-6-2-1-5-23(24)26(31)28-16-21-4-3-15-32-21/h1-2,5-14,21H,3-4,15-17H2,(H,28,31)(H,29,30)/t21-/m1/s1. The molecule has 2 amide bonds. The van der Waals surface area contributed by atoms with Gasteiger partial charge in [0.05, 0.1) is 17.4 Å². The van der Waals surface area contributed by atoms with Gasteiger partial charge in [-0.15, -0.1) is 11.8 Å². The fourth-order valence-electron chi connectivity index (χ4n) is 3.54. The molecular weight excluding hydrogens is 456 g/mol. The molecule has 1 fully saturated rings. The number of para-hydroxylation sites is 1. The number of rotatable bonds is 8. The van der Waals surface area contributed by atoms with Crippen molar-refractivity contribution >= 4 is 40.9 Å². The second-order valence-electron chi connectivity index (χ2n) is 7.78. The monoisotopic (exact) mass is 480 g/mol. The largest absolute Gasteiger partial charge is 0.376 e. The summed E-state index contributed by atoms with van der Waals surface area (Å²) in [4.78, 5) is 26.6. The lowest BCUT2D eigenvalue weighted by molar-refractivity contribution is 0.0858. The minimum absolute atomic E-state index is 0.0621. The number of halogens is 1. The van der Waals surface area contributed by atoms with Crippen LogP contribution in [0.3, 0.4) is 0 Å². The third kappa shape index (κ3) is 6.60. The maximum Gasteiger partial charge on any atom is 0.255 e. The van der Waals surface area contributed by atoms with Gasteiger partial charge in [0.15, 0.2) is 0 Å². The van der Waals surface area contributed by atoms with E-state index in [4.69, 9.17) is 16.3 Å². The first-order chi connectivity index (χ1) is 16.1. The highest BCUT2D eigenvalue weighted by atomic mass is 35.5. The van der Waals surface area contributed by atoms with Crippen LogP contribution in [-0.4, -0.2) is 31.1 Å². The Hall–Kier alpha value is -2.80. The molecule has 0 radical (unpaired) electrons. The van der Waals surface area contributed by atoms with Crippen molar-refractivity contribution < 1.29 is 14.3 Å². The van der Waals surface area contributed by atoms with E-state index in [0.29, 0.717) is 23.4 Å². The van der Waals surface area contributed by atoms with Gasteiger partial charge in [0.2, 0.25) is 0 Å². The maximum absolute atomic E-state index is 12.8. The van der Waals surface area contributed by atoms with Crippen molar-refractivity contribution in [3.63, 3.8) is 0 Å². The van der Waals surface area contributed by atoms with Crippen molar-refractivity contribution in [3.8, 4) is 0 Å². The van der Waals surface area contributed by atoms with Gasteiger partial charge in [-0.1, -0.05) is 35.9 Å². The Morgan fingerprint density at radius 3 is 2.45 bits per heavy atom. The Bertz CT molecular complexity index is 1100. The first kappa shape index (κ1) is 23.4. The predicted molar refractivity (Wildman–Crippen MR) is 133 cm³/mol. The van der Waals surface area contributed by atoms with Crippen LogP contribution in [0.2, 0.25) is 5.02 Å². The average Bonchev–Trinajstić information content (AvgIpc) is 3.37. The number of nitrogens with one attached hydrogen (secondary N) is 2. The molecule has 0 aromatic heterocycles. The summed E-state index contributed by atoms with van der Waals surface area (Å²) in [5, 5.41) is 6.50. The van der Waals surface area contributed by atoms with E-state index in [-0.39, 0.29) is 17.9 Å². The Balaban J connectivity index is 1.34. The highest BCUT2D eigenvalue weighted by Gasteiger charge is 2.18. The summed E-state index contributed by atoms with van der Waals surface area (Å²) in [6.07, 6.45) is 2.03. The second kappa shape index (κ2) is 11.4. The summed E-state index contributed by atoms with van der Waals surface area (Å²) < 4.78 is 5.56. The number of benzene rings is 3. The van der Waals surface area contributed by atoms with Gasteiger partial charge in [0.1, 0.15) is 0 Å². The molecule has 1 aliphatic rings. The number of hydrogen-bond acceptors (Lipinski definition) is 4. The number of carbonyl (C=O) groups is 2. The summed E-state index contributed by atoms with van der Waals surface area (Å²) in [5.74, 6) is 0.305. The van der Waals surface area contributed by atoms with Crippen LogP contribution in [0.15, 0.2) is 77.7 Å². The molecule has 1 heterocycles. The van der Waals surface area contributed by atoms with Gasteiger partial charge in [-0.05, 0) is 66.9 Å². The average molecular weight is 481 g/mol. The van der Waals surface area contributed by atoms with Crippen molar-refractivity contribution in [2.24, 2.45) is 0 Å². The van der Waals surface area contributed by atoms with E-state index >= 15 is 0 Å². The Kier molecular flexibility index (Phi) is 8.05. The molecule has 0 spiro atoms. The summed E-state index contributed by atoms with van der Waals surface area (Å²) in [5.41, 5.74) is 2.56. The quantitative estimate of drug-likeness (QED) is 0.400. The smallest absolute Gasteiger partial charge is 0.255 e. The fourth-order valence-corrected chi connectivity index (χ4v) is 4.52. The SMILES string of the molecule is O=C(Nc1ccccc1C(=O)NC[C@H]1CCCO1)c1ccc(CSc2ccc(Cl)cc2)cc1. The van der Waals surface area contributed by atoms with Crippen LogP contribution >= 0.6 is 23.4 Å². The second-order valence-corrected chi connectivity index (χ2v) is 9.27. The Morgan fingerprint density at radius 1 is 0.970 bits per heavy atom. The summed E-state index contributed by atoms with van der Waals surface area (Å²) >= 11 is 7.63. The van der Waals surface area contributed by atoms with E-state index in [1.807, 2.05) is 36.4 Å². The van der Waals surface area contributed by atoms with Crippen molar-refractivity contribution in [2.45, 2.75) is 29.6 Å². The van der Waals surface area contributed by atoms with Crippen LogP contribution in [-0.2, 0) is 10.5 Å². The lowest BCUT2D eigenvalue weighted by Gasteiger charge is -2.14. The molecule has 0 unspecified atom stereocenters. The van der Waals surface area contributed by atoms with Crippen LogP contribution < -0.4 is 10.6 Å². The molecule has 170 valence electrons. The first-order valence-corrected chi connectivity index (χ1v) is 12.2. The molecule has 0 saturated carbocycles. The minimum Gasteiger partial charge on any atom is -0.376 e. The zero-order valence-electron chi connectivity index (χ0n) is 18.1. The van der Waals surface area contributed by atoms with Gasteiger partial charge in [-0.25, -0.2) is 0 Å². The molecule has 0 aliphatic carbocycles. The van der Waals surface area contributed by atoms with E-state index in [0.717, 1.165) is 40.7 Å². The highest BCUT2D eigenvalue weighted by molar-refractivity contribution is 7.98. The molecule has 1 saturated heterocycles. The molecule has 1 aliphatic heterocycles. The zero-order chi connectivity index (χ0) is 23.0. The van der Waals surface area contributed by atoms with E-state index in [2.05, 4.69) is 10.6 Å². The molecule has 5 nitrogen and oxygen atoms in total. The van der Waals surface area contributed by atoms with Gasteiger partial charge in [-0.3, -0.25) is 9.59 Å². The number of ether oxygens (including phenoxy) is 1. The van der Waals surface area contributed by atoms with E-state index in [1.165, 1.54) is 0 Å². The summed E-state index contributed by atoms with van der Waals surface area (Å²) in [6.45, 7) is 1.21. The first-order valence-electron chi connectivity index (χ1n) is 10.9. The third-order valence-electron chi connectivity index (χ3n) is 5.37. The van der Waals surface area contributed by atoms with Gasteiger partial charge < -0.3 is 15.4 Å².